The predicted octanol–water partition coefficient (Wildman–Crippen LogP) is 3.63. The summed E-state index contributed by atoms with van der Waals surface area (Å²) < 4.78 is 1.67. The van der Waals surface area contributed by atoms with Gasteiger partial charge >= 0.3 is 5.69 Å². The number of H-pyrrole nitrogens is 1. The maximum atomic E-state index is 12.0. The third-order valence-corrected chi connectivity index (χ3v) is 5.74. The van der Waals surface area contributed by atoms with Gasteiger partial charge in [0.25, 0.3) is 0 Å². The first kappa shape index (κ1) is 17.7. The molecule has 2 heterocycles. The zero-order chi connectivity index (χ0) is 17.5. The van der Waals surface area contributed by atoms with Crippen molar-refractivity contribution in [1.29, 1.82) is 0 Å². The summed E-state index contributed by atoms with van der Waals surface area (Å²) in [7, 11) is 0. The fraction of sp³-hybridized carbons (Fsp3) is 0.278. The first-order valence-electron chi connectivity index (χ1n) is 8.12. The van der Waals surface area contributed by atoms with Gasteiger partial charge in [0.15, 0.2) is 10.9 Å². The van der Waals surface area contributed by atoms with Crippen LogP contribution in [0.4, 0.5) is 0 Å². The molecule has 2 aromatic heterocycles. The topological polar surface area (TPSA) is 67.8 Å². The Labute approximate surface area is 154 Å². The molecular weight excluding hydrogens is 354 g/mol. The SMILES string of the molecule is O=C(CCCSc1n[nH]c(=O)n1CCc1ccccc1)c1cccs1. The van der Waals surface area contributed by atoms with Crippen molar-refractivity contribution in [1.82, 2.24) is 14.8 Å². The van der Waals surface area contributed by atoms with Crippen LogP contribution in [0.5, 0.6) is 0 Å². The average Bonchev–Trinajstić information content (AvgIpc) is 3.28. The van der Waals surface area contributed by atoms with Gasteiger partial charge in [-0.2, -0.15) is 0 Å². The number of benzene rings is 1. The number of hydrogen-bond donors (Lipinski definition) is 1. The molecular formula is C18H19N3O2S2. The third kappa shape index (κ3) is 4.93. The lowest BCUT2D eigenvalue weighted by molar-refractivity contribution is 0.0986. The Hall–Kier alpha value is -2.12. The number of aryl methyl sites for hydroxylation is 1. The zero-order valence-corrected chi connectivity index (χ0v) is 15.3. The number of Topliss-reactive ketones (excluding diaryl/α,β-unsaturated/α-hetero) is 1. The van der Waals surface area contributed by atoms with E-state index in [-0.39, 0.29) is 11.5 Å². The summed E-state index contributed by atoms with van der Waals surface area (Å²) in [5, 5.41) is 9.22. The van der Waals surface area contributed by atoms with Gasteiger partial charge in [0, 0.05) is 18.7 Å². The monoisotopic (exact) mass is 373 g/mol. The minimum Gasteiger partial charge on any atom is -0.293 e. The van der Waals surface area contributed by atoms with Gasteiger partial charge in [0.2, 0.25) is 0 Å². The van der Waals surface area contributed by atoms with Gasteiger partial charge in [-0.15, -0.1) is 16.4 Å². The Kier molecular flexibility index (Phi) is 6.25. The molecule has 1 aromatic carbocycles. The van der Waals surface area contributed by atoms with Gasteiger partial charge in [-0.1, -0.05) is 48.2 Å². The molecule has 0 unspecified atom stereocenters. The summed E-state index contributed by atoms with van der Waals surface area (Å²) in [6, 6.07) is 13.8. The van der Waals surface area contributed by atoms with E-state index in [0.29, 0.717) is 18.1 Å². The van der Waals surface area contributed by atoms with E-state index in [0.717, 1.165) is 23.5 Å². The lowest BCUT2D eigenvalue weighted by Crippen LogP contribution is -2.19. The van der Waals surface area contributed by atoms with E-state index in [1.165, 1.54) is 28.7 Å². The van der Waals surface area contributed by atoms with E-state index in [2.05, 4.69) is 10.2 Å². The van der Waals surface area contributed by atoms with Crippen molar-refractivity contribution in [3.8, 4) is 0 Å². The fourth-order valence-corrected chi connectivity index (χ4v) is 4.06. The van der Waals surface area contributed by atoms with Crippen molar-refractivity contribution in [2.24, 2.45) is 0 Å². The standard InChI is InChI=1S/C18H19N3O2S2/c22-15(16-9-5-12-24-16)8-4-13-25-18-20-19-17(23)21(18)11-10-14-6-2-1-3-7-14/h1-3,5-7,9,12H,4,8,10-11,13H2,(H,19,23). The van der Waals surface area contributed by atoms with E-state index in [1.807, 2.05) is 47.8 Å². The van der Waals surface area contributed by atoms with Crippen LogP contribution in [0.1, 0.15) is 28.1 Å². The number of thioether (sulfide) groups is 1. The van der Waals surface area contributed by atoms with E-state index in [1.54, 1.807) is 4.57 Å². The highest BCUT2D eigenvalue weighted by Gasteiger charge is 2.10. The van der Waals surface area contributed by atoms with Gasteiger partial charge in [0.05, 0.1) is 4.88 Å². The van der Waals surface area contributed by atoms with Crippen LogP contribution in [-0.2, 0) is 13.0 Å². The van der Waals surface area contributed by atoms with Crippen molar-refractivity contribution in [2.75, 3.05) is 5.75 Å². The second kappa shape index (κ2) is 8.82. The van der Waals surface area contributed by atoms with Crippen molar-refractivity contribution in [3.05, 3.63) is 68.8 Å². The van der Waals surface area contributed by atoms with Crippen molar-refractivity contribution < 1.29 is 4.79 Å². The molecule has 0 saturated carbocycles. The number of carbonyl (C=O) groups excluding carboxylic acids is 1. The maximum absolute atomic E-state index is 12.0. The molecule has 3 rings (SSSR count). The average molecular weight is 374 g/mol. The molecule has 3 aromatic rings. The minimum atomic E-state index is -0.187. The Morgan fingerprint density at radius 3 is 2.80 bits per heavy atom. The normalized spacial score (nSPS) is 10.9. The molecule has 1 N–H and O–H groups in total. The number of thiophene rings is 1. The van der Waals surface area contributed by atoms with Crippen LogP contribution in [0.15, 0.2) is 57.8 Å². The number of ketones is 1. The molecule has 130 valence electrons. The number of nitrogens with zero attached hydrogens (tertiary/aromatic N) is 2. The Morgan fingerprint density at radius 1 is 1.20 bits per heavy atom. The highest BCUT2D eigenvalue weighted by molar-refractivity contribution is 7.99. The van der Waals surface area contributed by atoms with Gasteiger partial charge in [0.1, 0.15) is 0 Å². The van der Waals surface area contributed by atoms with Crippen molar-refractivity contribution in [3.63, 3.8) is 0 Å². The first-order chi connectivity index (χ1) is 12.2. The molecule has 5 nitrogen and oxygen atoms in total. The molecule has 25 heavy (non-hydrogen) atoms. The summed E-state index contributed by atoms with van der Waals surface area (Å²) in [4.78, 5) is 24.7. The number of aromatic amines is 1. The van der Waals surface area contributed by atoms with Gasteiger partial charge in [-0.3, -0.25) is 9.36 Å². The minimum absolute atomic E-state index is 0.180. The van der Waals surface area contributed by atoms with Gasteiger partial charge < -0.3 is 0 Å². The Morgan fingerprint density at radius 2 is 2.04 bits per heavy atom. The number of nitrogens with one attached hydrogen (secondary N) is 1. The number of carbonyl (C=O) groups is 1. The largest absolute Gasteiger partial charge is 0.343 e. The quantitative estimate of drug-likeness (QED) is 0.353. The van der Waals surface area contributed by atoms with Crippen molar-refractivity contribution in [2.45, 2.75) is 31.0 Å². The second-order valence-electron chi connectivity index (χ2n) is 5.55. The van der Waals surface area contributed by atoms with Crippen LogP contribution in [0.2, 0.25) is 0 Å². The molecule has 7 heteroatoms. The molecule has 0 aliphatic heterocycles. The van der Waals surface area contributed by atoms with Crippen molar-refractivity contribution >= 4 is 28.9 Å². The molecule has 0 bridgehead atoms. The number of aromatic nitrogens is 3. The number of hydrogen-bond acceptors (Lipinski definition) is 5. The highest BCUT2D eigenvalue weighted by atomic mass is 32.2. The molecule has 0 fully saturated rings. The highest BCUT2D eigenvalue weighted by Crippen LogP contribution is 2.18. The summed E-state index contributed by atoms with van der Waals surface area (Å²) in [6.45, 7) is 0.593. The van der Waals surface area contributed by atoms with Crippen LogP contribution >= 0.6 is 23.1 Å². The second-order valence-corrected chi connectivity index (χ2v) is 7.56. The lowest BCUT2D eigenvalue weighted by atomic mass is 10.1. The van der Waals surface area contributed by atoms with Crippen LogP contribution in [0.25, 0.3) is 0 Å². The van der Waals surface area contributed by atoms with E-state index in [9.17, 15) is 9.59 Å². The third-order valence-electron chi connectivity index (χ3n) is 3.77. The predicted molar refractivity (Wildman–Crippen MR) is 102 cm³/mol. The zero-order valence-electron chi connectivity index (χ0n) is 13.7. The van der Waals surface area contributed by atoms with Crippen LogP contribution < -0.4 is 5.69 Å². The summed E-state index contributed by atoms with van der Waals surface area (Å²) in [6.07, 6.45) is 2.07. The number of rotatable bonds is 9. The molecule has 0 atom stereocenters. The van der Waals surface area contributed by atoms with Crippen LogP contribution in [-0.4, -0.2) is 26.3 Å². The summed E-state index contributed by atoms with van der Waals surface area (Å²) in [5.41, 5.74) is 1.00. The summed E-state index contributed by atoms with van der Waals surface area (Å²) >= 11 is 2.99. The fourth-order valence-electron chi connectivity index (χ4n) is 2.45. The van der Waals surface area contributed by atoms with Gasteiger partial charge in [-0.05, 0) is 29.9 Å². The van der Waals surface area contributed by atoms with E-state index in [4.69, 9.17) is 0 Å². The Bertz CT molecular complexity index is 854. The van der Waals surface area contributed by atoms with Crippen LogP contribution in [0.3, 0.4) is 0 Å². The smallest absolute Gasteiger partial charge is 0.293 e. The van der Waals surface area contributed by atoms with Gasteiger partial charge in [-0.25, -0.2) is 9.89 Å². The van der Waals surface area contributed by atoms with E-state index < -0.39 is 0 Å². The maximum Gasteiger partial charge on any atom is 0.343 e. The lowest BCUT2D eigenvalue weighted by Gasteiger charge is -2.05. The molecule has 0 saturated heterocycles. The molecule has 0 aliphatic carbocycles. The molecule has 0 radical (unpaired) electrons. The summed E-state index contributed by atoms with van der Waals surface area (Å²) in [5.74, 6) is 0.936. The Balaban J connectivity index is 1.49. The first-order valence-corrected chi connectivity index (χ1v) is 9.99. The molecule has 0 spiro atoms. The van der Waals surface area contributed by atoms with E-state index >= 15 is 0 Å². The molecule has 0 aliphatic rings. The molecule has 0 amide bonds. The van der Waals surface area contributed by atoms with Crippen LogP contribution in [0, 0.1) is 0 Å².